The van der Waals surface area contributed by atoms with Crippen LogP contribution in [0.5, 0.6) is 0 Å². The van der Waals surface area contributed by atoms with Crippen molar-refractivity contribution in [3.8, 4) is 0 Å². The first-order chi connectivity index (χ1) is 16.4. The topological polar surface area (TPSA) is 133 Å². The summed E-state index contributed by atoms with van der Waals surface area (Å²) < 4.78 is 5.31. The number of rotatable bonds is 7. The first kappa shape index (κ1) is 23.7. The quantitative estimate of drug-likeness (QED) is 0.353. The third-order valence-electron chi connectivity index (χ3n) is 5.97. The molecule has 1 aromatic carbocycles. The molecule has 180 valence electrons. The van der Waals surface area contributed by atoms with Crippen molar-refractivity contribution >= 4 is 29.1 Å². The minimum absolute atomic E-state index is 0.0139. The van der Waals surface area contributed by atoms with Gasteiger partial charge in [0.15, 0.2) is 0 Å². The molecule has 2 aromatic rings. The highest BCUT2D eigenvalue weighted by atomic mass is 16.5. The van der Waals surface area contributed by atoms with Gasteiger partial charge in [0.2, 0.25) is 5.91 Å². The zero-order chi connectivity index (χ0) is 24.1. The van der Waals surface area contributed by atoms with Gasteiger partial charge in [-0.25, -0.2) is 4.98 Å². The summed E-state index contributed by atoms with van der Waals surface area (Å²) in [5.41, 5.74) is 7.51. The van der Waals surface area contributed by atoms with Gasteiger partial charge in [-0.05, 0) is 48.9 Å². The lowest BCUT2D eigenvalue weighted by atomic mass is 10.1. The molecular formula is C24H30N6O4. The van der Waals surface area contributed by atoms with E-state index in [2.05, 4.69) is 27.1 Å². The molecule has 2 amide bonds. The fraction of sp³-hybridized carbons (Fsp3) is 0.375. The number of amides is 2. The van der Waals surface area contributed by atoms with Crippen LogP contribution >= 0.6 is 0 Å². The van der Waals surface area contributed by atoms with E-state index in [1.807, 2.05) is 0 Å². The Morgan fingerprint density at radius 3 is 2.59 bits per heavy atom. The van der Waals surface area contributed by atoms with Gasteiger partial charge in [0.1, 0.15) is 17.9 Å². The summed E-state index contributed by atoms with van der Waals surface area (Å²) in [6.07, 6.45) is 0.855. The molecule has 10 heteroatoms. The van der Waals surface area contributed by atoms with Gasteiger partial charge in [-0.2, -0.15) is 0 Å². The largest absolute Gasteiger partial charge is 0.378 e. The van der Waals surface area contributed by atoms with Gasteiger partial charge in [-0.3, -0.25) is 9.59 Å². The summed E-state index contributed by atoms with van der Waals surface area (Å²) >= 11 is 0. The van der Waals surface area contributed by atoms with Crippen molar-refractivity contribution in [3.05, 3.63) is 60.2 Å². The number of nitrogens with zero attached hydrogens (tertiary/aromatic N) is 3. The number of aliphatic hydroxyl groups excluding tert-OH is 1. The number of pyridine rings is 1. The first-order valence-corrected chi connectivity index (χ1v) is 11.3. The van der Waals surface area contributed by atoms with Crippen molar-refractivity contribution in [2.75, 3.05) is 49.6 Å². The third-order valence-corrected chi connectivity index (χ3v) is 5.97. The zero-order valence-electron chi connectivity index (χ0n) is 18.9. The number of aromatic nitrogens is 1. The zero-order valence-corrected chi connectivity index (χ0v) is 18.9. The molecule has 2 saturated heterocycles. The molecule has 2 atom stereocenters. The molecule has 0 spiro atoms. The van der Waals surface area contributed by atoms with Gasteiger partial charge in [0.05, 0.1) is 13.2 Å². The Hall–Kier alpha value is -3.47. The normalized spacial score (nSPS) is 18.9. The fourth-order valence-corrected chi connectivity index (χ4v) is 4.10. The number of carbonyl (C=O) groups is 2. The summed E-state index contributed by atoms with van der Waals surface area (Å²) in [4.78, 5) is 32.8. The molecule has 2 fully saturated rings. The van der Waals surface area contributed by atoms with Gasteiger partial charge in [-0.15, -0.1) is 0 Å². The van der Waals surface area contributed by atoms with Crippen LogP contribution in [0.3, 0.4) is 0 Å². The average Bonchev–Trinajstić information content (AvgIpc) is 3.32. The molecule has 0 saturated carbocycles. The summed E-state index contributed by atoms with van der Waals surface area (Å²) in [5, 5.41) is 16.2. The molecule has 2 aliphatic heterocycles. The smallest absolute Gasteiger partial charge is 0.254 e. The monoisotopic (exact) mass is 466 g/mol. The van der Waals surface area contributed by atoms with E-state index >= 15 is 0 Å². The number of morpholine rings is 1. The number of ether oxygens (including phenoxy) is 1. The van der Waals surface area contributed by atoms with Crippen LogP contribution in [0.15, 0.2) is 49.1 Å². The molecule has 10 nitrogen and oxygen atoms in total. The molecule has 2 aliphatic rings. The van der Waals surface area contributed by atoms with Crippen LogP contribution in [0.2, 0.25) is 0 Å². The third kappa shape index (κ3) is 5.53. The fourth-order valence-electron chi connectivity index (χ4n) is 4.10. The number of benzene rings is 1. The van der Waals surface area contributed by atoms with Crippen LogP contribution in [-0.2, 0) is 9.53 Å². The molecule has 0 aliphatic carbocycles. The van der Waals surface area contributed by atoms with Gasteiger partial charge in [0.25, 0.3) is 5.91 Å². The molecule has 1 aromatic heterocycles. The maximum atomic E-state index is 12.7. The Balaban J connectivity index is 1.48. The van der Waals surface area contributed by atoms with Gasteiger partial charge in [-0.1, -0.05) is 6.58 Å². The molecule has 0 bridgehead atoms. The van der Waals surface area contributed by atoms with Gasteiger partial charge < -0.3 is 36.0 Å². The maximum Gasteiger partial charge on any atom is 0.254 e. The van der Waals surface area contributed by atoms with Crippen molar-refractivity contribution < 1.29 is 19.4 Å². The number of hydrogen-bond acceptors (Lipinski definition) is 8. The number of hydrogen-bond donors (Lipinski definition) is 4. The minimum Gasteiger partial charge on any atom is -0.378 e. The Bertz CT molecular complexity index is 1040. The summed E-state index contributed by atoms with van der Waals surface area (Å²) in [6.45, 7) is 7.12. The summed E-state index contributed by atoms with van der Waals surface area (Å²) in [5.74, 6) is 0.916. The van der Waals surface area contributed by atoms with Crippen molar-refractivity contribution in [2.45, 2.75) is 18.7 Å². The van der Waals surface area contributed by atoms with Crippen LogP contribution in [-0.4, -0.2) is 72.2 Å². The molecule has 34 heavy (non-hydrogen) atoms. The average molecular weight is 467 g/mol. The number of aliphatic hydroxyl groups is 1. The minimum atomic E-state index is -1.20. The second kappa shape index (κ2) is 10.6. The molecule has 5 N–H and O–H groups in total. The highest BCUT2D eigenvalue weighted by molar-refractivity contribution is 5.94. The van der Waals surface area contributed by atoms with Crippen molar-refractivity contribution in [2.24, 2.45) is 5.73 Å². The van der Waals surface area contributed by atoms with Gasteiger partial charge in [0, 0.05) is 49.0 Å². The van der Waals surface area contributed by atoms with E-state index in [0.29, 0.717) is 61.3 Å². The number of nitrogens with one attached hydrogen (secondary N) is 2. The number of carbonyl (C=O) groups excluding carboxylic acids is 2. The van der Waals surface area contributed by atoms with E-state index in [4.69, 9.17) is 10.5 Å². The lowest BCUT2D eigenvalue weighted by molar-refractivity contribution is -0.117. The number of nitrogens with two attached hydrogens (primary N) is 1. The van der Waals surface area contributed by atoms with Crippen LogP contribution in [0.1, 0.15) is 28.6 Å². The van der Waals surface area contributed by atoms with Gasteiger partial charge >= 0.3 is 0 Å². The Labute approximate surface area is 198 Å². The van der Waals surface area contributed by atoms with E-state index in [9.17, 15) is 14.7 Å². The van der Waals surface area contributed by atoms with Crippen LogP contribution in [0, 0.1) is 0 Å². The molecule has 0 radical (unpaired) electrons. The molecule has 4 rings (SSSR count). The van der Waals surface area contributed by atoms with E-state index in [1.54, 1.807) is 41.3 Å². The lowest BCUT2D eigenvalue weighted by Crippen LogP contribution is -2.40. The Morgan fingerprint density at radius 2 is 1.91 bits per heavy atom. The maximum absolute atomic E-state index is 12.7. The molecule has 3 heterocycles. The second-order valence-corrected chi connectivity index (χ2v) is 8.30. The number of anilines is 3. The van der Waals surface area contributed by atoms with Crippen molar-refractivity contribution in [1.82, 2.24) is 15.2 Å². The van der Waals surface area contributed by atoms with Crippen LogP contribution in [0.4, 0.5) is 17.3 Å². The summed E-state index contributed by atoms with van der Waals surface area (Å²) in [7, 11) is 0. The van der Waals surface area contributed by atoms with E-state index in [1.165, 1.54) is 6.08 Å². The molecular weight excluding hydrogens is 436 g/mol. The first-order valence-electron chi connectivity index (χ1n) is 11.3. The SMILES string of the molecule is C=CC(=O)N[C@@H]1CCN(c2ccc(C(N)O)c(Nc3ccc(C(=O)N4CCOCC4)cc3)n2)C1. The lowest BCUT2D eigenvalue weighted by Gasteiger charge is -2.27. The standard InChI is InChI=1S/C24H30N6O4/c1-2-21(31)26-18-9-10-30(15-18)20-8-7-19(22(25)32)23(28-20)27-17-5-3-16(4-6-17)24(33)29-11-13-34-14-12-29/h2-8,18,22,32H,1,9-15,25H2,(H,26,31)(H,27,28)/t18-,22?/m1/s1. The Kier molecular flexibility index (Phi) is 7.41. The van der Waals surface area contributed by atoms with Crippen LogP contribution < -0.4 is 21.3 Å². The Morgan fingerprint density at radius 1 is 1.18 bits per heavy atom. The van der Waals surface area contributed by atoms with E-state index in [-0.39, 0.29) is 17.9 Å². The van der Waals surface area contributed by atoms with Crippen molar-refractivity contribution in [3.63, 3.8) is 0 Å². The van der Waals surface area contributed by atoms with Crippen molar-refractivity contribution in [1.29, 1.82) is 0 Å². The van der Waals surface area contributed by atoms with Crippen LogP contribution in [0.25, 0.3) is 0 Å². The predicted octanol–water partition coefficient (Wildman–Crippen LogP) is 1.13. The second-order valence-electron chi connectivity index (χ2n) is 8.30. The highest BCUT2D eigenvalue weighted by Gasteiger charge is 2.25. The predicted molar refractivity (Wildman–Crippen MR) is 129 cm³/mol. The summed E-state index contributed by atoms with van der Waals surface area (Å²) in [6, 6.07) is 10.7. The van der Waals surface area contributed by atoms with E-state index in [0.717, 1.165) is 13.0 Å². The molecule has 1 unspecified atom stereocenters. The highest BCUT2D eigenvalue weighted by Crippen LogP contribution is 2.28. The van der Waals surface area contributed by atoms with E-state index < -0.39 is 6.23 Å².